The van der Waals surface area contributed by atoms with E-state index < -0.39 is 0 Å². The lowest BCUT2D eigenvalue weighted by Gasteiger charge is -2.15. The van der Waals surface area contributed by atoms with Crippen molar-refractivity contribution >= 4 is 23.3 Å². The van der Waals surface area contributed by atoms with E-state index in [0.29, 0.717) is 28.0 Å². The molecule has 27 heavy (non-hydrogen) atoms. The summed E-state index contributed by atoms with van der Waals surface area (Å²) in [5, 5.41) is 13.7. The Morgan fingerprint density at radius 1 is 1.04 bits per heavy atom. The van der Waals surface area contributed by atoms with Crippen molar-refractivity contribution in [2.75, 3.05) is 18.7 Å². The van der Waals surface area contributed by atoms with Gasteiger partial charge in [0.15, 0.2) is 11.0 Å². The van der Waals surface area contributed by atoms with Crippen LogP contribution >= 0.6 is 11.8 Å². The van der Waals surface area contributed by atoms with Crippen molar-refractivity contribution in [2.24, 2.45) is 0 Å². The normalized spacial score (nSPS) is 10.3. The largest absolute Gasteiger partial charge is 0.495 e. The highest BCUT2D eigenvalue weighted by Crippen LogP contribution is 2.33. The average Bonchev–Trinajstić information content (AvgIpc) is 2.68. The first-order chi connectivity index (χ1) is 13.0. The van der Waals surface area contributed by atoms with Crippen molar-refractivity contribution in [1.82, 2.24) is 9.97 Å². The fourth-order valence-corrected chi connectivity index (χ4v) is 3.06. The molecular formula is C21H20N4OS. The number of methoxy groups -OCH3 is 1. The number of nitrogens with zero attached hydrogens (tertiary/aromatic N) is 3. The van der Waals surface area contributed by atoms with Gasteiger partial charge in [0.2, 0.25) is 0 Å². The summed E-state index contributed by atoms with van der Waals surface area (Å²) < 4.78 is 5.44. The van der Waals surface area contributed by atoms with Gasteiger partial charge in [0.1, 0.15) is 17.4 Å². The summed E-state index contributed by atoms with van der Waals surface area (Å²) in [4.78, 5) is 9.11. The number of hydrogen-bond donors (Lipinski definition) is 1. The van der Waals surface area contributed by atoms with Crippen molar-refractivity contribution in [1.29, 1.82) is 5.26 Å². The number of anilines is 2. The van der Waals surface area contributed by atoms with E-state index in [-0.39, 0.29) is 0 Å². The van der Waals surface area contributed by atoms with Crippen LogP contribution in [0, 0.1) is 25.2 Å². The number of thioether (sulfide) groups is 1. The predicted molar refractivity (Wildman–Crippen MR) is 110 cm³/mol. The second kappa shape index (κ2) is 8.11. The molecule has 3 aromatic rings. The van der Waals surface area contributed by atoms with Gasteiger partial charge in [0.05, 0.1) is 18.5 Å². The molecule has 0 atom stereocenters. The molecule has 3 rings (SSSR count). The number of hydrogen-bond acceptors (Lipinski definition) is 6. The number of aryl methyl sites for hydroxylation is 2. The zero-order valence-corrected chi connectivity index (χ0v) is 16.5. The van der Waals surface area contributed by atoms with Gasteiger partial charge in [-0.05, 0) is 37.8 Å². The second-order valence-electron chi connectivity index (χ2n) is 6.09. The van der Waals surface area contributed by atoms with E-state index in [1.807, 2.05) is 62.6 Å². The summed E-state index contributed by atoms with van der Waals surface area (Å²) >= 11 is 1.43. The molecule has 0 saturated carbocycles. The van der Waals surface area contributed by atoms with E-state index in [1.165, 1.54) is 11.8 Å². The van der Waals surface area contributed by atoms with E-state index in [1.54, 1.807) is 7.11 Å². The summed E-state index contributed by atoms with van der Waals surface area (Å²) in [5.41, 5.74) is 4.89. The minimum atomic E-state index is 0.403. The van der Waals surface area contributed by atoms with Crippen molar-refractivity contribution in [3.63, 3.8) is 0 Å². The topological polar surface area (TPSA) is 70.8 Å². The molecule has 0 spiro atoms. The quantitative estimate of drug-likeness (QED) is 0.493. The van der Waals surface area contributed by atoms with Gasteiger partial charge in [-0.25, -0.2) is 9.97 Å². The van der Waals surface area contributed by atoms with Crippen molar-refractivity contribution in [3.05, 3.63) is 59.2 Å². The Bertz CT molecular complexity index is 1010. The molecule has 0 aliphatic carbocycles. The first-order valence-electron chi connectivity index (χ1n) is 8.40. The third-order valence-corrected chi connectivity index (χ3v) is 4.66. The molecule has 2 aromatic carbocycles. The SMILES string of the molecule is COc1ccc(C)cc1Nc1nc(SC)nc(-c2ccc(C)cc2)c1C#N. The molecule has 5 nitrogen and oxygen atoms in total. The number of ether oxygens (including phenoxy) is 1. The highest BCUT2D eigenvalue weighted by Gasteiger charge is 2.17. The fraction of sp³-hybridized carbons (Fsp3) is 0.190. The van der Waals surface area contributed by atoms with Crippen LogP contribution in [-0.2, 0) is 0 Å². The third-order valence-electron chi connectivity index (χ3n) is 4.12. The van der Waals surface area contributed by atoms with Gasteiger partial charge in [-0.2, -0.15) is 5.26 Å². The van der Waals surface area contributed by atoms with Crippen LogP contribution in [0.4, 0.5) is 11.5 Å². The maximum atomic E-state index is 9.83. The molecule has 1 aromatic heterocycles. The Balaban J connectivity index is 2.16. The molecule has 0 bridgehead atoms. The maximum Gasteiger partial charge on any atom is 0.189 e. The maximum absolute atomic E-state index is 9.83. The van der Waals surface area contributed by atoms with Crippen LogP contribution in [0.25, 0.3) is 11.3 Å². The Labute approximate surface area is 163 Å². The van der Waals surface area contributed by atoms with E-state index in [2.05, 4.69) is 21.4 Å². The van der Waals surface area contributed by atoms with Crippen LogP contribution in [-0.4, -0.2) is 23.3 Å². The molecule has 6 heteroatoms. The fourth-order valence-electron chi connectivity index (χ4n) is 2.70. The van der Waals surface area contributed by atoms with Crippen LogP contribution in [0.15, 0.2) is 47.6 Å². The molecular weight excluding hydrogens is 356 g/mol. The van der Waals surface area contributed by atoms with Crippen LogP contribution in [0.5, 0.6) is 5.75 Å². The highest BCUT2D eigenvalue weighted by atomic mass is 32.2. The lowest BCUT2D eigenvalue weighted by molar-refractivity contribution is 0.416. The minimum absolute atomic E-state index is 0.403. The summed E-state index contributed by atoms with van der Waals surface area (Å²) in [5.74, 6) is 1.15. The standard InChI is InChI=1S/C21H20N4OS/c1-13-5-8-15(9-6-13)19-16(12-22)20(25-21(24-19)27-4)23-17-11-14(2)7-10-18(17)26-3/h5-11H,1-4H3,(H,23,24,25). The Hall–Kier alpha value is -3.04. The zero-order chi connectivity index (χ0) is 19.4. The summed E-state index contributed by atoms with van der Waals surface area (Å²) in [7, 11) is 1.62. The number of nitrogens with one attached hydrogen (secondary N) is 1. The Morgan fingerprint density at radius 3 is 2.37 bits per heavy atom. The van der Waals surface area contributed by atoms with Crippen molar-refractivity contribution in [3.8, 4) is 23.1 Å². The average molecular weight is 376 g/mol. The van der Waals surface area contributed by atoms with Gasteiger partial charge >= 0.3 is 0 Å². The van der Waals surface area contributed by atoms with Gasteiger partial charge in [0.25, 0.3) is 0 Å². The second-order valence-corrected chi connectivity index (χ2v) is 6.86. The monoisotopic (exact) mass is 376 g/mol. The van der Waals surface area contributed by atoms with Crippen molar-refractivity contribution < 1.29 is 4.74 Å². The number of nitriles is 1. The van der Waals surface area contributed by atoms with Gasteiger partial charge in [-0.3, -0.25) is 0 Å². The zero-order valence-electron chi connectivity index (χ0n) is 15.7. The molecule has 1 N–H and O–H groups in total. The lowest BCUT2D eigenvalue weighted by Crippen LogP contribution is -2.04. The van der Waals surface area contributed by atoms with Gasteiger partial charge in [0, 0.05) is 5.56 Å². The molecule has 0 saturated heterocycles. The predicted octanol–water partition coefficient (Wildman–Crippen LogP) is 5.11. The number of benzene rings is 2. The van der Waals surface area contributed by atoms with Crippen LogP contribution in [0.3, 0.4) is 0 Å². The van der Waals surface area contributed by atoms with Gasteiger partial charge in [-0.1, -0.05) is 47.7 Å². The van der Waals surface area contributed by atoms with E-state index in [4.69, 9.17) is 4.74 Å². The Morgan fingerprint density at radius 2 is 1.74 bits per heavy atom. The molecule has 0 amide bonds. The molecule has 1 heterocycles. The van der Waals surface area contributed by atoms with Gasteiger partial charge < -0.3 is 10.1 Å². The van der Waals surface area contributed by atoms with E-state index in [0.717, 1.165) is 22.4 Å². The van der Waals surface area contributed by atoms with Crippen molar-refractivity contribution in [2.45, 2.75) is 19.0 Å². The first kappa shape index (κ1) is 18.7. The minimum Gasteiger partial charge on any atom is -0.495 e. The molecule has 0 fully saturated rings. The molecule has 0 aliphatic rings. The van der Waals surface area contributed by atoms with Crippen LogP contribution in [0.2, 0.25) is 0 Å². The highest BCUT2D eigenvalue weighted by molar-refractivity contribution is 7.98. The molecule has 0 unspecified atom stereocenters. The van der Waals surface area contributed by atoms with E-state index in [9.17, 15) is 5.26 Å². The number of rotatable bonds is 5. The number of aromatic nitrogens is 2. The van der Waals surface area contributed by atoms with Crippen LogP contribution < -0.4 is 10.1 Å². The first-order valence-corrected chi connectivity index (χ1v) is 9.63. The lowest BCUT2D eigenvalue weighted by atomic mass is 10.1. The molecule has 0 radical (unpaired) electrons. The third kappa shape index (κ3) is 4.04. The van der Waals surface area contributed by atoms with E-state index >= 15 is 0 Å². The van der Waals surface area contributed by atoms with Gasteiger partial charge in [-0.15, -0.1) is 0 Å². The summed E-state index contributed by atoms with van der Waals surface area (Å²) in [6, 6.07) is 16.1. The molecule has 136 valence electrons. The summed E-state index contributed by atoms with van der Waals surface area (Å²) in [6.07, 6.45) is 1.91. The van der Waals surface area contributed by atoms with Crippen LogP contribution in [0.1, 0.15) is 16.7 Å². The summed E-state index contributed by atoms with van der Waals surface area (Å²) in [6.45, 7) is 4.03. The smallest absolute Gasteiger partial charge is 0.189 e. The molecule has 0 aliphatic heterocycles. The Kier molecular flexibility index (Phi) is 5.63.